The number of fused-ring (bicyclic) bond motifs is 2. The lowest BCUT2D eigenvalue weighted by molar-refractivity contribution is 0.0756. The molecule has 1 amide bonds. The summed E-state index contributed by atoms with van der Waals surface area (Å²) in [5.41, 5.74) is 6.57. The number of carbonyl (C=O) groups excluding carboxylic acids is 1. The van der Waals surface area contributed by atoms with Crippen LogP contribution in [-0.4, -0.2) is 43.8 Å². The maximum absolute atomic E-state index is 12.9. The third-order valence-corrected chi connectivity index (χ3v) is 8.16. The summed E-state index contributed by atoms with van der Waals surface area (Å²) in [5, 5.41) is 3.19. The highest BCUT2D eigenvalue weighted by molar-refractivity contribution is 7.89. The molecule has 2 atom stereocenters. The Morgan fingerprint density at radius 1 is 1.18 bits per heavy atom. The zero-order chi connectivity index (χ0) is 19.6. The van der Waals surface area contributed by atoms with Gasteiger partial charge in [-0.15, -0.1) is 12.4 Å². The number of hydrogen-bond donors (Lipinski definition) is 2. The van der Waals surface area contributed by atoms with Crippen molar-refractivity contribution in [1.82, 2.24) is 9.62 Å². The molecule has 2 fully saturated rings. The molecule has 2 saturated carbocycles. The molecule has 158 valence electrons. The molecule has 3 N–H and O–H groups in total. The predicted octanol–water partition coefficient (Wildman–Crippen LogP) is 2.77. The smallest absolute Gasteiger partial charge is 0.251 e. The van der Waals surface area contributed by atoms with E-state index in [1.807, 2.05) is 13.8 Å². The zero-order valence-corrected chi connectivity index (χ0v) is 18.3. The molecule has 0 aliphatic heterocycles. The van der Waals surface area contributed by atoms with E-state index < -0.39 is 10.0 Å². The zero-order valence-electron chi connectivity index (χ0n) is 16.6. The van der Waals surface area contributed by atoms with Crippen molar-refractivity contribution in [2.24, 2.45) is 17.6 Å². The van der Waals surface area contributed by atoms with Gasteiger partial charge in [-0.1, -0.05) is 26.3 Å². The quantitative estimate of drug-likeness (QED) is 0.727. The molecule has 0 radical (unpaired) electrons. The second-order valence-electron chi connectivity index (χ2n) is 7.80. The summed E-state index contributed by atoms with van der Waals surface area (Å²) >= 11 is 0. The number of nitrogens with two attached hydrogens (primary N) is 1. The second-order valence-corrected chi connectivity index (χ2v) is 9.74. The molecule has 0 spiro atoms. The number of rotatable bonds is 6. The molecule has 0 aromatic heterocycles. The Balaban J connectivity index is 0.00000280. The number of carbonyl (C=O) groups is 1. The molecule has 1 aromatic rings. The van der Waals surface area contributed by atoms with Crippen LogP contribution in [0.3, 0.4) is 0 Å². The van der Waals surface area contributed by atoms with Crippen molar-refractivity contribution >= 4 is 28.3 Å². The lowest BCUT2D eigenvalue weighted by Crippen LogP contribution is -2.53. The Morgan fingerprint density at radius 3 is 2.36 bits per heavy atom. The maximum Gasteiger partial charge on any atom is 0.251 e. The van der Waals surface area contributed by atoms with Crippen LogP contribution in [0.25, 0.3) is 0 Å². The average Bonchev–Trinajstić information content (AvgIpc) is 2.63. The summed E-state index contributed by atoms with van der Waals surface area (Å²) in [7, 11) is -3.58. The van der Waals surface area contributed by atoms with Gasteiger partial charge in [0.15, 0.2) is 0 Å². The molecular formula is C20H32ClN3O3S. The minimum Gasteiger partial charge on any atom is -0.349 e. The van der Waals surface area contributed by atoms with Gasteiger partial charge in [0.2, 0.25) is 10.0 Å². The van der Waals surface area contributed by atoms with Crippen LogP contribution in [-0.2, 0) is 10.0 Å². The molecule has 8 heteroatoms. The van der Waals surface area contributed by atoms with Crippen LogP contribution >= 0.6 is 12.4 Å². The number of amides is 1. The van der Waals surface area contributed by atoms with Gasteiger partial charge in [-0.25, -0.2) is 8.42 Å². The Labute approximate surface area is 174 Å². The van der Waals surface area contributed by atoms with E-state index in [4.69, 9.17) is 5.73 Å². The molecule has 2 unspecified atom stereocenters. The normalized spacial score (nSPS) is 27.1. The van der Waals surface area contributed by atoms with Crippen molar-refractivity contribution in [1.29, 1.82) is 0 Å². The second kappa shape index (κ2) is 9.57. The summed E-state index contributed by atoms with van der Waals surface area (Å²) in [6, 6.07) is 6.75. The molecule has 2 bridgehead atoms. The topological polar surface area (TPSA) is 92.5 Å². The van der Waals surface area contributed by atoms with Gasteiger partial charge in [0.05, 0.1) is 4.90 Å². The highest BCUT2D eigenvalue weighted by Gasteiger charge is 2.40. The number of benzene rings is 1. The summed E-state index contributed by atoms with van der Waals surface area (Å²) in [6.45, 7) is 4.43. The standard InChI is InChI=1S/C20H31N3O3S.ClH/c1-3-23(4-2)27(25,26)18-10-6-9-16(13-18)20(24)22-19-14-7-5-8-15(19)12-17(21)11-14;/h6,9-10,13-15,17,19H,3-5,7-8,11-12,21H2,1-2H3,(H,22,24);1H. The Hall–Kier alpha value is -1.15. The van der Waals surface area contributed by atoms with E-state index in [0.717, 1.165) is 25.7 Å². The van der Waals surface area contributed by atoms with Gasteiger partial charge >= 0.3 is 0 Å². The van der Waals surface area contributed by atoms with Crippen LogP contribution in [0.1, 0.15) is 56.3 Å². The van der Waals surface area contributed by atoms with Crippen molar-refractivity contribution in [3.05, 3.63) is 29.8 Å². The van der Waals surface area contributed by atoms with Crippen molar-refractivity contribution in [2.75, 3.05) is 13.1 Å². The van der Waals surface area contributed by atoms with Gasteiger partial charge in [-0.05, 0) is 55.7 Å². The van der Waals surface area contributed by atoms with E-state index in [1.165, 1.54) is 16.8 Å². The van der Waals surface area contributed by atoms with E-state index in [2.05, 4.69) is 5.32 Å². The molecule has 28 heavy (non-hydrogen) atoms. The molecule has 2 aliphatic carbocycles. The van der Waals surface area contributed by atoms with Crippen LogP contribution in [0.15, 0.2) is 29.2 Å². The number of hydrogen-bond acceptors (Lipinski definition) is 4. The predicted molar refractivity (Wildman–Crippen MR) is 113 cm³/mol. The molecule has 6 nitrogen and oxygen atoms in total. The van der Waals surface area contributed by atoms with Crippen molar-refractivity contribution in [2.45, 2.75) is 62.9 Å². The van der Waals surface area contributed by atoms with Gasteiger partial charge < -0.3 is 11.1 Å². The van der Waals surface area contributed by atoms with Crippen LogP contribution < -0.4 is 11.1 Å². The first kappa shape index (κ1) is 23.1. The first-order chi connectivity index (χ1) is 12.9. The summed E-state index contributed by atoms with van der Waals surface area (Å²) < 4.78 is 26.9. The Morgan fingerprint density at radius 2 is 1.79 bits per heavy atom. The summed E-state index contributed by atoms with van der Waals surface area (Å²) in [4.78, 5) is 13.0. The van der Waals surface area contributed by atoms with Gasteiger partial charge in [0.1, 0.15) is 0 Å². The minimum absolute atomic E-state index is 0. The van der Waals surface area contributed by atoms with E-state index in [9.17, 15) is 13.2 Å². The maximum atomic E-state index is 12.9. The lowest BCUT2D eigenvalue weighted by atomic mass is 9.67. The third kappa shape index (κ3) is 4.70. The van der Waals surface area contributed by atoms with Gasteiger partial charge in [0, 0.05) is 30.7 Å². The molecule has 2 aliphatic rings. The van der Waals surface area contributed by atoms with Crippen LogP contribution in [0.2, 0.25) is 0 Å². The average molecular weight is 430 g/mol. The van der Waals surface area contributed by atoms with E-state index in [1.54, 1.807) is 18.2 Å². The Kier molecular flexibility index (Phi) is 7.90. The molecular weight excluding hydrogens is 398 g/mol. The Bertz CT molecular complexity index is 769. The SMILES string of the molecule is CCN(CC)S(=O)(=O)c1cccc(C(=O)NC2C3CCCC2CC(N)C3)c1.Cl. The number of nitrogens with one attached hydrogen (secondary N) is 1. The minimum atomic E-state index is -3.58. The number of sulfonamides is 1. The van der Waals surface area contributed by atoms with Gasteiger partial charge in [-0.2, -0.15) is 4.31 Å². The van der Waals surface area contributed by atoms with E-state index >= 15 is 0 Å². The molecule has 1 aromatic carbocycles. The lowest BCUT2D eigenvalue weighted by Gasteiger charge is -2.45. The fourth-order valence-electron chi connectivity index (χ4n) is 4.77. The summed E-state index contributed by atoms with van der Waals surface area (Å²) in [6.07, 6.45) is 5.32. The first-order valence-electron chi connectivity index (χ1n) is 10.0. The fraction of sp³-hybridized carbons (Fsp3) is 0.650. The van der Waals surface area contributed by atoms with Crippen LogP contribution in [0.5, 0.6) is 0 Å². The van der Waals surface area contributed by atoms with Crippen molar-refractivity contribution < 1.29 is 13.2 Å². The monoisotopic (exact) mass is 429 g/mol. The fourth-order valence-corrected chi connectivity index (χ4v) is 6.27. The van der Waals surface area contributed by atoms with Crippen molar-refractivity contribution in [3.63, 3.8) is 0 Å². The number of nitrogens with zero attached hydrogens (tertiary/aromatic N) is 1. The van der Waals surface area contributed by atoms with E-state index in [0.29, 0.717) is 30.5 Å². The first-order valence-corrected chi connectivity index (χ1v) is 11.5. The molecule has 0 heterocycles. The molecule has 0 saturated heterocycles. The third-order valence-electron chi connectivity index (χ3n) is 6.11. The number of halogens is 1. The van der Waals surface area contributed by atoms with Crippen LogP contribution in [0, 0.1) is 11.8 Å². The highest BCUT2D eigenvalue weighted by Crippen LogP contribution is 2.39. The largest absolute Gasteiger partial charge is 0.349 e. The van der Waals surface area contributed by atoms with Gasteiger partial charge in [0.25, 0.3) is 5.91 Å². The molecule has 3 rings (SSSR count). The van der Waals surface area contributed by atoms with E-state index in [-0.39, 0.29) is 35.3 Å². The highest BCUT2D eigenvalue weighted by atomic mass is 35.5. The summed E-state index contributed by atoms with van der Waals surface area (Å²) in [5.74, 6) is 0.669. The van der Waals surface area contributed by atoms with Gasteiger partial charge in [-0.3, -0.25) is 4.79 Å². The van der Waals surface area contributed by atoms with Crippen LogP contribution in [0.4, 0.5) is 0 Å². The van der Waals surface area contributed by atoms with Crippen molar-refractivity contribution in [3.8, 4) is 0 Å².